The quantitative estimate of drug-likeness (QED) is 0.854. The number of thiophene rings is 1. The molecule has 5 heteroatoms. The SMILES string of the molecule is Cc1cscc1C(=O)NC1CCCNC1.Cl. The average molecular weight is 261 g/mol. The van der Waals surface area contributed by atoms with Crippen LogP contribution in [0.25, 0.3) is 0 Å². The molecule has 2 heterocycles. The van der Waals surface area contributed by atoms with Crippen molar-refractivity contribution in [3.63, 3.8) is 0 Å². The van der Waals surface area contributed by atoms with Crippen LogP contribution >= 0.6 is 23.7 Å². The molecule has 0 saturated carbocycles. The van der Waals surface area contributed by atoms with Crippen molar-refractivity contribution in [1.82, 2.24) is 10.6 Å². The molecule has 0 spiro atoms. The number of halogens is 1. The topological polar surface area (TPSA) is 41.1 Å². The van der Waals surface area contributed by atoms with Crippen molar-refractivity contribution in [3.8, 4) is 0 Å². The summed E-state index contributed by atoms with van der Waals surface area (Å²) in [6.07, 6.45) is 2.23. The van der Waals surface area contributed by atoms with Crippen LogP contribution in [0.1, 0.15) is 28.8 Å². The zero-order valence-electron chi connectivity index (χ0n) is 9.29. The Labute approximate surface area is 106 Å². The maximum Gasteiger partial charge on any atom is 0.252 e. The predicted octanol–water partition coefficient (Wildman–Crippen LogP) is 1.96. The van der Waals surface area contributed by atoms with Gasteiger partial charge < -0.3 is 10.6 Å². The molecule has 1 fully saturated rings. The van der Waals surface area contributed by atoms with Crippen molar-refractivity contribution >= 4 is 29.7 Å². The second kappa shape index (κ2) is 6.23. The Balaban J connectivity index is 0.00000128. The van der Waals surface area contributed by atoms with E-state index in [4.69, 9.17) is 0 Å². The van der Waals surface area contributed by atoms with E-state index >= 15 is 0 Å². The first-order valence-corrected chi connectivity index (χ1v) is 6.26. The number of aryl methyl sites for hydroxylation is 1. The van der Waals surface area contributed by atoms with E-state index in [9.17, 15) is 4.79 Å². The molecule has 2 rings (SSSR count). The minimum absolute atomic E-state index is 0. The first kappa shape index (κ1) is 13.5. The largest absolute Gasteiger partial charge is 0.348 e. The van der Waals surface area contributed by atoms with E-state index in [1.54, 1.807) is 11.3 Å². The molecule has 1 aromatic heterocycles. The first-order valence-electron chi connectivity index (χ1n) is 5.32. The molecule has 16 heavy (non-hydrogen) atoms. The Bertz CT molecular complexity index is 348. The summed E-state index contributed by atoms with van der Waals surface area (Å²) >= 11 is 1.58. The number of piperidine rings is 1. The molecule has 90 valence electrons. The number of amides is 1. The lowest BCUT2D eigenvalue weighted by atomic mass is 10.1. The van der Waals surface area contributed by atoms with Gasteiger partial charge in [0.25, 0.3) is 5.91 Å². The summed E-state index contributed by atoms with van der Waals surface area (Å²) in [5.74, 6) is 0.0717. The molecular formula is C11H17ClN2OS. The highest BCUT2D eigenvalue weighted by atomic mass is 35.5. The summed E-state index contributed by atoms with van der Waals surface area (Å²) in [5, 5.41) is 10.3. The predicted molar refractivity (Wildman–Crippen MR) is 69.7 cm³/mol. The van der Waals surface area contributed by atoms with E-state index in [1.165, 1.54) is 0 Å². The van der Waals surface area contributed by atoms with Crippen molar-refractivity contribution in [2.24, 2.45) is 0 Å². The van der Waals surface area contributed by atoms with E-state index in [2.05, 4.69) is 10.6 Å². The van der Waals surface area contributed by atoms with Gasteiger partial charge >= 0.3 is 0 Å². The van der Waals surface area contributed by atoms with Crippen LogP contribution in [-0.4, -0.2) is 25.0 Å². The third-order valence-corrected chi connectivity index (χ3v) is 3.59. The fourth-order valence-electron chi connectivity index (χ4n) is 1.83. The van der Waals surface area contributed by atoms with Gasteiger partial charge in [-0.05, 0) is 37.3 Å². The molecule has 0 radical (unpaired) electrons. The van der Waals surface area contributed by atoms with Gasteiger partial charge in [-0.2, -0.15) is 11.3 Å². The van der Waals surface area contributed by atoms with Crippen molar-refractivity contribution < 1.29 is 4.79 Å². The van der Waals surface area contributed by atoms with Crippen molar-refractivity contribution in [1.29, 1.82) is 0 Å². The minimum Gasteiger partial charge on any atom is -0.348 e. The lowest BCUT2D eigenvalue weighted by Gasteiger charge is -2.23. The molecule has 3 nitrogen and oxygen atoms in total. The Morgan fingerprint density at radius 1 is 1.56 bits per heavy atom. The van der Waals surface area contributed by atoms with Crippen LogP contribution in [0.15, 0.2) is 10.8 Å². The smallest absolute Gasteiger partial charge is 0.252 e. The molecule has 1 atom stereocenters. The molecule has 1 unspecified atom stereocenters. The van der Waals surface area contributed by atoms with Crippen LogP contribution in [0.3, 0.4) is 0 Å². The standard InChI is InChI=1S/C11H16N2OS.ClH/c1-8-6-15-7-10(8)11(14)13-9-3-2-4-12-5-9;/h6-7,9,12H,2-5H2,1H3,(H,13,14);1H. The molecule has 0 aromatic carbocycles. The maximum atomic E-state index is 11.9. The number of nitrogens with one attached hydrogen (secondary N) is 2. The van der Waals surface area contributed by atoms with Gasteiger partial charge in [0.2, 0.25) is 0 Å². The van der Waals surface area contributed by atoms with Crippen molar-refractivity contribution in [2.75, 3.05) is 13.1 Å². The Morgan fingerprint density at radius 3 is 2.94 bits per heavy atom. The summed E-state index contributed by atoms with van der Waals surface area (Å²) in [5.41, 5.74) is 1.90. The van der Waals surface area contributed by atoms with Gasteiger partial charge in [0.05, 0.1) is 5.56 Å². The molecule has 0 aliphatic carbocycles. The third kappa shape index (κ3) is 3.20. The van der Waals surface area contributed by atoms with Crippen LogP contribution in [0.2, 0.25) is 0 Å². The number of carbonyl (C=O) groups is 1. The van der Waals surface area contributed by atoms with E-state index in [-0.39, 0.29) is 18.3 Å². The summed E-state index contributed by atoms with van der Waals surface area (Å²) in [4.78, 5) is 11.9. The Morgan fingerprint density at radius 2 is 2.38 bits per heavy atom. The third-order valence-electron chi connectivity index (χ3n) is 2.73. The number of hydrogen-bond donors (Lipinski definition) is 2. The van der Waals surface area contributed by atoms with Crippen LogP contribution in [0.4, 0.5) is 0 Å². The summed E-state index contributed by atoms with van der Waals surface area (Å²) in [6, 6.07) is 0.297. The summed E-state index contributed by atoms with van der Waals surface area (Å²) < 4.78 is 0. The van der Waals surface area contributed by atoms with E-state index in [1.807, 2.05) is 17.7 Å². The maximum absolute atomic E-state index is 11.9. The van der Waals surface area contributed by atoms with Crippen LogP contribution in [-0.2, 0) is 0 Å². The molecule has 0 bridgehead atoms. The second-order valence-electron chi connectivity index (χ2n) is 3.99. The molecule has 1 aliphatic heterocycles. The fourth-order valence-corrected chi connectivity index (χ4v) is 2.66. The van der Waals surface area contributed by atoms with Crippen LogP contribution < -0.4 is 10.6 Å². The van der Waals surface area contributed by atoms with E-state index < -0.39 is 0 Å². The minimum atomic E-state index is 0. The Hall–Kier alpha value is -0.580. The molecular weight excluding hydrogens is 244 g/mol. The first-order chi connectivity index (χ1) is 7.27. The van der Waals surface area contributed by atoms with Gasteiger partial charge in [-0.15, -0.1) is 12.4 Å². The summed E-state index contributed by atoms with van der Waals surface area (Å²) in [7, 11) is 0. The highest BCUT2D eigenvalue weighted by Gasteiger charge is 2.17. The zero-order chi connectivity index (χ0) is 10.7. The van der Waals surface area contributed by atoms with Gasteiger partial charge in [0, 0.05) is 18.0 Å². The van der Waals surface area contributed by atoms with Gasteiger partial charge in [0.1, 0.15) is 0 Å². The number of rotatable bonds is 2. The van der Waals surface area contributed by atoms with Gasteiger partial charge in [0.15, 0.2) is 0 Å². The fraction of sp³-hybridized carbons (Fsp3) is 0.545. The van der Waals surface area contributed by atoms with E-state index in [0.29, 0.717) is 6.04 Å². The molecule has 2 N–H and O–H groups in total. The highest BCUT2D eigenvalue weighted by molar-refractivity contribution is 7.08. The average Bonchev–Trinajstić information content (AvgIpc) is 2.66. The van der Waals surface area contributed by atoms with Gasteiger partial charge in [-0.3, -0.25) is 4.79 Å². The van der Waals surface area contributed by atoms with Gasteiger partial charge in [-0.1, -0.05) is 0 Å². The molecule has 1 aromatic rings. The number of hydrogen-bond acceptors (Lipinski definition) is 3. The second-order valence-corrected chi connectivity index (χ2v) is 4.73. The monoisotopic (exact) mass is 260 g/mol. The molecule has 1 amide bonds. The van der Waals surface area contributed by atoms with Crippen molar-refractivity contribution in [3.05, 3.63) is 21.9 Å². The Kier molecular flexibility index (Phi) is 5.25. The van der Waals surface area contributed by atoms with Crippen molar-refractivity contribution in [2.45, 2.75) is 25.8 Å². The van der Waals surface area contributed by atoms with Crippen LogP contribution in [0, 0.1) is 6.92 Å². The highest BCUT2D eigenvalue weighted by Crippen LogP contribution is 2.14. The lowest BCUT2D eigenvalue weighted by molar-refractivity contribution is 0.0930. The zero-order valence-corrected chi connectivity index (χ0v) is 10.9. The summed E-state index contributed by atoms with van der Waals surface area (Å²) in [6.45, 7) is 3.95. The molecule has 1 saturated heterocycles. The molecule has 1 aliphatic rings. The number of carbonyl (C=O) groups excluding carboxylic acids is 1. The lowest BCUT2D eigenvalue weighted by Crippen LogP contribution is -2.45. The normalized spacial score (nSPS) is 19.9. The van der Waals surface area contributed by atoms with Gasteiger partial charge in [-0.25, -0.2) is 0 Å². The van der Waals surface area contributed by atoms with E-state index in [0.717, 1.165) is 37.1 Å². The van der Waals surface area contributed by atoms with Crippen LogP contribution in [0.5, 0.6) is 0 Å².